The summed E-state index contributed by atoms with van der Waals surface area (Å²) in [5.41, 5.74) is 9.59. The van der Waals surface area contributed by atoms with Crippen molar-refractivity contribution in [1.82, 2.24) is 0 Å². The topological polar surface area (TPSA) is 77.9 Å². The monoisotopic (exact) mass is 250 g/mol. The summed E-state index contributed by atoms with van der Waals surface area (Å²) in [5.74, 6) is -0.322. The summed E-state index contributed by atoms with van der Waals surface area (Å²) in [4.78, 5) is 15.2. The third-order valence-corrected chi connectivity index (χ3v) is 3.28. The molecule has 1 amide bonds. The van der Waals surface area contributed by atoms with Crippen molar-refractivity contribution in [2.45, 2.75) is 5.54 Å². The molecule has 0 radical (unpaired) electrons. The molecule has 1 aliphatic rings. The van der Waals surface area contributed by atoms with Crippen molar-refractivity contribution in [1.29, 1.82) is 0 Å². The molecule has 2 aromatic carbocycles. The van der Waals surface area contributed by atoms with E-state index in [1.807, 2.05) is 30.3 Å². The SMILES string of the molecule is [N-]=[N+]=NC1(c2ccccc2)C(=O)Nc2ccccc21. The molecule has 0 fully saturated rings. The molecular formula is C14H10N4O. The number of hydrogen-bond donors (Lipinski definition) is 1. The van der Waals surface area contributed by atoms with E-state index in [4.69, 9.17) is 5.53 Å². The lowest BCUT2D eigenvalue weighted by atomic mass is 9.85. The van der Waals surface area contributed by atoms with E-state index < -0.39 is 5.54 Å². The van der Waals surface area contributed by atoms with E-state index >= 15 is 0 Å². The van der Waals surface area contributed by atoms with E-state index in [0.717, 1.165) is 0 Å². The van der Waals surface area contributed by atoms with Crippen LogP contribution in [-0.2, 0) is 10.3 Å². The van der Waals surface area contributed by atoms with Crippen LogP contribution in [0.2, 0.25) is 0 Å². The molecule has 0 saturated carbocycles. The molecule has 0 aromatic heterocycles. The summed E-state index contributed by atoms with van der Waals surface area (Å²) in [5, 5.41) is 6.58. The minimum atomic E-state index is -1.31. The number of para-hydroxylation sites is 1. The number of carbonyl (C=O) groups is 1. The highest BCUT2D eigenvalue weighted by Gasteiger charge is 2.47. The van der Waals surface area contributed by atoms with Gasteiger partial charge in [-0.1, -0.05) is 53.6 Å². The first-order chi connectivity index (χ1) is 9.29. The van der Waals surface area contributed by atoms with Crippen molar-refractivity contribution < 1.29 is 4.79 Å². The zero-order chi connectivity index (χ0) is 13.3. The Bertz CT molecular complexity index is 692. The van der Waals surface area contributed by atoms with Crippen LogP contribution in [0.25, 0.3) is 10.4 Å². The smallest absolute Gasteiger partial charge is 0.245 e. The molecule has 3 rings (SSSR count). The summed E-state index contributed by atoms with van der Waals surface area (Å²) in [6.45, 7) is 0. The largest absolute Gasteiger partial charge is 0.325 e. The van der Waals surface area contributed by atoms with E-state index in [0.29, 0.717) is 16.8 Å². The number of azide groups is 1. The molecule has 5 nitrogen and oxygen atoms in total. The van der Waals surface area contributed by atoms with Crippen molar-refractivity contribution in [2.24, 2.45) is 5.11 Å². The Morgan fingerprint density at radius 3 is 2.47 bits per heavy atom. The van der Waals surface area contributed by atoms with Crippen LogP contribution < -0.4 is 5.32 Å². The molecule has 19 heavy (non-hydrogen) atoms. The Morgan fingerprint density at radius 1 is 1.05 bits per heavy atom. The van der Waals surface area contributed by atoms with Crippen LogP contribution in [0.15, 0.2) is 59.7 Å². The lowest BCUT2D eigenvalue weighted by molar-refractivity contribution is -0.119. The summed E-state index contributed by atoms with van der Waals surface area (Å²) in [6.07, 6.45) is 0. The molecule has 0 aliphatic carbocycles. The molecule has 5 heteroatoms. The highest BCUT2D eigenvalue weighted by Crippen LogP contribution is 2.43. The molecule has 1 unspecified atom stereocenters. The van der Waals surface area contributed by atoms with Crippen molar-refractivity contribution in [3.05, 3.63) is 76.2 Å². The molecule has 1 aliphatic heterocycles. The predicted octanol–water partition coefficient (Wildman–Crippen LogP) is 3.19. The quantitative estimate of drug-likeness (QED) is 0.496. The summed E-state index contributed by atoms with van der Waals surface area (Å²) in [7, 11) is 0. The van der Waals surface area contributed by atoms with Crippen LogP contribution in [0.3, 0.4) is 0 Å². The van der Waals surface area contributed by atoms with E-state index in [-0.39, 0.29) is 5.91 Å². The number of nitrogens with one attached hydrogen (secondary N) is 1. The van der Waals surface area contributed by atoms with E-state index in [2.05, 4.69) is 15.3 Å². The van der Waals surface area contributed by atoms with Crippen LogP contribution in [0.4, 0.5) is 5.69 Å². The van der Waals surface area contributed by atoms with Gasteiger partial charge in [0, 0.05) is 16.2 Å². The molecule has 0 bridgehead atoms. The van der Waals surface area contributed by atoms with Crippen LogP contribution in [0.1, 0.15) is 11.1 Å². The van der Waals surface area contributed by atoms with Gasteiger partial charge in [0.15, 0.2) is 5.54 Å². The van der Waals surface area contributed by atoms with Gasteiger partial charge in [-0.05, 0) is 17.2 Å². The number of carbonyl (C=O) groups excluding carboxylic acids is 1. The maximum atomic E-state index is 12.4. The highest BCUT2D eigenvalue weighted by molar-refractivity contribution is 6.08. The minimum absolute atomic E-state index is 0.322. The van der Waals surface area contributed by atoms with Gasteiger partial charge in [-0.15, -0.1) is 0 Å². The lowest BCUT2D eigenvalue weighted by Gasteiger charge is -2.21. The fourth-order valence-corrected chi connectivity index (χ4v) is 2.43. The number of amides is 1. The van der Waals surface area contributed by atoms with Gasteiger partial charge in [0.25, 0.3) is 0 Å². The molecule has 1 N–H and O–H groups in total. The van der Waals surface area contributed by atoms with Crippen molar-refractivity contribution in [2.75, 3.05) is 5.32 Å². The molecule has 92 valence electrons. The zero-order valence-electron chi connectivity index (χ0n) is 9.95. The zero-order valence-corrected chi connectivity index (χ0v) is 9.95. The van der Waals surface area contributed by atoms with E-state index in [1.54, 1.807) is 24.3 Å². The normalized spacial score (nSPS) is 20.3. The van der Waals surface area contributed by atoms with Crippen molar-refractivity contribution >= 4 is 11.6 Å². The number of hydrogen-bond acceptors (Lipinski definition) is 2. The number of rotatable bonds is 2. The molecule has 0 spiro atoms. The Balaban J connectivity index is 2.34. The Labute approximate surface area is 109 Å². The average Bonchev–Trinajstić information content (AvgIpc) is 2.74. The van der Waals surface area contributed by atoms with Crippen LogP contribution in [0.5, 0.6) is 0 Å². The number of nitrogens with zero attached hydrogens (tertiary/aromatic N) is 3. The third kappa shape index (κ3) is 1.49. The summed E-state index contributed by atoms with van der Waals surface area (Å²) in [6, 6.07) is 16.3. The Morgan fingerprint density at radius 2 is 1.74 bits per heavy atom. The minimum Gasteiger partial charge on any atom is -0.325 e. The molecular weight excluding hydrogens is 240 g/mol. The standard InChI is InChI=1S/C14H10N4O/c15-18-17-14(10-6-2-1-3-7-10)11-8-4-5-9-12(11)16-13(14)19/h1-9H,(H,16,19). The van der Waals surface area contributed by atoms with Gasteiger partial charge in [-0.3, -0.25) is 4.79 Å². The van der Waals surface area contributed by atoms with Gasteiger partial charge in [0.05, 0.1) is 0 Å². The van der Waals surface area contributed by atoms with Crippen LogP contribution >= 0.6 is 0 Å². The second kappa shape index (κ2) is 4.15. The maximum Gasteiger partial charge on any atom is 0.245 e. The second-order valence-electron chi connectivity index (χ2n) is 4.27. The van der Waals surface area contributed by atoms with E-state index in [9.17, 15) is 4.79 Å². The third-order valence-electron chi connectivity index (χ3n) is 3.28. The van der Waals surface area contributed by atoms with Gasteiger partial charge >= 0.3 is 0 Å². The van der Waals surface area contributed by atoms with Crippen molar-refractivity contribution in [3.8, 4) is 0 Å². The fraction of sp³-hybridized carbons (Fsp3) is 0.0714. The predicted molar refractivity (Wildman–Crippen MR) is 71.4 cm³/mol. The first kappa shape index (κ1) is 11.3. The maximum absolute atomic E-state index is 12.4. The fourth-order valence-electron chi connectivity index (χ4n) is 2.43. The second-order valence-corrected chi connectivity index (χ2v) is 4.27. The highest BCUT2D eigenvalue weighted by atomic mass is 16.2. The number of anilines is 1. The van der Waals surface area contributed by atoms with Gasteiger partial charge in [0.1, 0.15) is 0 Å². The van der Waals surface area contributed by atoms with Crippen LogP contribution in [-0.4, -0.2) is 5.91 Å². The molecule has 2 aromatic rings. The summed E-state index contributed by atoms with van der Waals surface area (Å²) < 4.78 is 0. The van der Waals surface area contributed by atoms with Gasteiger partial charge < -0.3 is 5.32 Å². The van der Waals surface area contributed by atoms with Crippen molar-refractivity contribution in [3.63, 3.8) is 0 Å². The molecule has 1 atom stereocenters. The van der Waals surface area contributed by atoms with Gasteiger partial charge in [0.2, 0.25) is 5.91 Å². The molecule has 0 saturated heterocycles. The van der Waals surface area contributed by atoms with Gasteiger partial charge in [-0.25, -0.2) is 0 Å². The Hall–Kier alpha value is -2.78. The molecule has 1 heterocycles. The first-order valence-corrected chi connectivity index (χ1v) is 5.82. The number of benzene rings is 2. The lowest BCUT2D eigenvalue weighted by Crippen LogP contribution is -2.33. The van der Waals surface area contributed by atoms with Crippen LogP contribution in [0, 0.1) is 0 Å². The van der Waals surface area contributed by atoms with Gasteiger partial charge in [-0.2, -0.15) is 0 Å². The average molecular weight is 250 g/mol. The van der Waals surface area contributed by atoms with E-state index in [1.165, 1.54) is 0 Å². The Kier molecular flexibility index (Phi) is 2.47. The first-order valence-electron chi connectivity index (χ1n) is 5.82. The number of fused-ring (bicyclic) bond motifs is 1. The summed E-state index contributed by atoms with van der Waals surface area (Å²) >= 11 is 0.